The Morgan fingerprint density at radius 1 is 1.47 bits per heavy atom. The van der Waals surface area contributed by atoms with Crippen molar-refractivity contribution < 1.29 is 4.79 Å². The normalized spacial score (nSPS) is 21.6. The topological polar surface area (TPSA) is 44.4 Å². The molecule has 0 aromatic heterocycles. The van der Waals surface area contributed by atoms with Crippen LogP contribution in [0.3, 0.4) is 0 Å². The highest BCUT2D eigenvalue weighted by Gasteiger charge is 2.18. The number of amides is 1. The fourth-order valence-electron chi connectivity index (χ4n) is 2.29. The Bertz CT molecular complexity index is 242. The lowest BCUT2D eigenvalue weighted by atomic mass is 9.99. The molecule has 0 saturated carbocycles. The Labute approximate surface area is 105 Å². The van der Waals surface area contributed by atoms with Gasteiger partial charge in [0.1, 0.15) is 0 Å². The maximum atomic E-state index is 11.7. The molecule has 0 aliphatic carbocycles. The molecule has 0 aromatic rings. The van der Waals surface area contributed by atoms with Crippen molar-refractivity contribution in [3.05, 3.63) is 0 Å². The Hall–Kier alpha value is -0.610. The molecule has 17 heavy (non-hydrogen) atoms. The van der Waals surface area contributed by atoms with Crippen LogP contribution in [0, 0.1) is 5.92 Å². The van der Waals surface area contributed by atoms with Crippen molar-refractivity contribution in [3.8, 4) is 0 Å². The van der Waals surface area contributed by atoms with Crippen molar-refractivity contribution in [1.82, 2.24) is 15.5 Å². The summed E-state index contributed by atoms with van der Waals surface area (Å²) in [5, 5.41) is 6.40. The number of nitrogens with one attached hydrogen (secondary N) is 2. The zero-order chi connectivity index (χ0) is 12.9. The molecule has 2 N–H and O–H groups in total. The molecule has 1 amide bonds. The van der Waals surface area contributed by atoms with E-state index in [1.807, 2.05) is 27.8 Å². The van der Waals surface area contributed by atoms with E-state index in [1.54, 1.807) is 0 Å². The molecule has 4 heteroatoms. The molecule has 1 heterocycles. The minimum Gasteiger partial charge on any atom is -0.350 e. The van der Waals surface area contributed by atoms with Gasteiger partial charge in [-0.3, -0.25) is 9.69 Å². The third-order valence-corrected chi connectivity index (χ3v) is 2.90. The average Bonchev–Trinajstić information content (AvgIpc) is 2.15. The van der Waals surface area contributed by atoms with E-state index in [1.165, 1.54) is 12.8 Å². The van der Waals surface area contributed by atoms with Crippen LogP contribution in [-0.4, -0.2) is 49.6 Å². The molecular formula is C13H27N3O. The third-order valence-electron chi connectivity index (χ3n) is 2.90. The van der Waals surface area contributed by atoms with Gasteiger partial charge in [0.05, 0.1) is 6.54 Å². The molecule has 1 fully saturated rings. The summed E-state index contributed by atoms with van der Waals surface area (Å²) < 4.78 is 0. The van der Waals surface area contributed by atoms with E-state index >= 15 is 0 Å². The van der Waals surface area contributed by atoms with Gasteiger partial charge in [-0.2, -0.15) is 0 Å². The van der Waals surface area contributed by atoms with Gasteiger partial charge in [-0.15, -0.1) is 0 Å². The van der Waals surface area contributed by atoms with E-state index < -0.39 is 0 Å². The summed E-state index contributed by atoms with van der Waals surface area (Å²) in [7, 11) is 2.02. The quantitative estimate of drug-likeness (QED) is 0.766. The fraction of sp³-hybridized carbons (Fsp3) is 0.923. The fourth-order valence-corrected chi connectivity index (χ4v) is 2.29. The molecule has 0 radical (unpaired) electrons. The van der Waals surface area contributed by atoms with Crippen LogP contribution >= 0.6 is 0 Å². The van der Waals surface area contributed by atoms with E-state index in [9.17, 15) is 4.79 Å². The molecule has 0 spiro atoms. The Morgan fingerprint density at radius 2 is 2.18 bits per heavy atom. The summed E-state index contributed by atoms with van der Waals surface area (Å²) >= 11 is 0. The first-order valence-electron chi connectivity index (χ1n) is 6.57. The van der Waals surface area contributed by atoms with Crippen LogP contribution in [0.25, 0.3) is 0 Å². The van der Waals surface area contributed by atoms with Crippen LogP contribution in [-0.2, 0) is 4.79 Å². The van der Waals surface area contributed by atoms with Crippen LogP contribution < -0.4 is 10.6 Å². The van der Waals surface area contributed by atoms with Gasteiger partial charge in [0.25, 0.3) is 0 Å². The first kappa shape index (κ1) is 14.5. The zero-order valence-electron chi connectivity index (χ0n) is 11.7. The predicted octanol–water partition coefficient (Wildman–Crippen LogP) is 0.833. The Balaban J connectivity index is 2.23. The number of hydrogen-bond acceptors (Lipinski definition) is 3. The van der Waals surface area contributed by atoms with Crippen molar-refractivity contribution >= 4 is 5.91 Å². The molecule has 1 aliphatic heterocycles. The minimum atomic E-state index is -0.135. The Morgan fingerprint density at radius 3 is 2.71 bits per heavy atom. The van der Waals surface area contributed by atoms with Crippen molar-refractivity contribution in [1.29, 1.82) is 0 Å². The van der Waals surface area contributed by atoms with Crippen molar-refractivity contribution in [3.63, 3.8) is 0 Å². The number of hydrogen-bond donors (Lipinski definition) is 2. The molecule has 1 rings (SSSR count). The number of rotatable bonds is 4. The highest BCUT2D eigenvalue weighted by Crippen LogP contribution is 2.10. The summed E-state index contributed by atoms with van der Waals surface area (Å²) in [6.45, 7) is 9.76. The molecule has 1 atom stereocenters. The SMILES string of the molecule is CN(CC(=O)NC(C)(C)C)CC1CCCNC1. The highest BCUT2D eigenvalue weighted by molar-refractivity contribution is 5.78. The summed E-state index contributed by atoms with van der Waals surface area (Å²) in [6, 6.07) is 0. The van der Waals surface area contributed by atoms with Gasteiger partial charge < -0.3 is 10.6 Å². The molecule has 1 saturated heterocycles. The average molecular weight is 241 g/mol. The molecular weight excluding hydrogens is 214 g/mol. The van der Waals surface area contributed by atoms with E-state index in [2.05, 4.69) is 15.5 Å². The largest absolute Gasteiger partial charge is 0.350 e. The molecule has 100 valence electrons. The number of carbonyl (C=O) groups is 1. The lowest BCUT2D eigenvalue weighted by Gasteiger charge is -2.28. The van der Waals surface area contributed by atoms with Gasteiger partial charge in [0.2, 0.25) is 5.91 Å². The molecule has 0 aromatic carbocycles. The standard InChI is InChI=1S/C13H27N3O/c1-13(2,3)15-12(17)10-16(4)9-11-6-5-7-14-8-11/h11,14H,5-10H2,1-4H3,(H,15,17). The molecule has 4 nitrogen and oxygen atoms in total. The summed E-state index contributed by atoms with van der Waals surface area (Å²) in [5.74, 6) is 0.806. The van der Waals surface area contributed by atoms with Gasteiger partial charge >= 0.3 is 0 Å². The zero-order valence-corrected chi connectivity index (χ0v) is 11.7. The molecule has 1 aliphatic rings. The first-order valence-corrected chi connectivity index (χ1v) is 6.57. The molecule has 1 unspecified atom stereocenters. The Kier molecular flexibility index (Phi) is 5.40. The van der Waals surface area contributed by atoms with Gasteiger partial charge in [-0.1, -0.05) is 0 Å². The van der Waals surface area contributed by atoms with E-state index in [0.29, 0.717) is 12.5 Å². The molecule has 0 bridgehead atoms. The van der Waals surface area contributed by atoms with Crippen LogP contribution in [0.1, 0.15) is 33.6 Å². The van der Waals surface area contributed by atoms with Gasteiger partial charge in [-0.25, -0.2) is 0 Å². The van der Waals surface area contributed by atoms with Gasteiger partial charge in [-0.05, 0) is 59.7 Å². The van der Waals surface area contributed by atoms with Crippen molar-refractivity contribution in [2.45, 2.75) is 39.2 Å². The number of nitrogens with zero attached hydrogens (tertiary/aromatic N) is 1. The first-order chi connectivity index (χ1) is 7.87. The number of carbonyl (C=O) groups excluding carboxylic acids is 1. The second-order valence-electron chi connectivity index (χ2n) is 6.21. The summed E-state index contributed by atoms with van der Waals surface area (Å²) in [5.41, 5.74) is -0.135. The number of piperidine rings is 1. The van der Waals surface area contributed by atoms with Crippen LogP contribution in [0.4, 0.5) is 0 Å². The highest BCUT2D eigenvalue weighted by atomic mass is 16.2. The van der Waals surface area contributed by atoms with Crippen LogP contribution in [0.2, 0.25) is 0 Å². The third kappa shape index (κ3) is 6.64. The monoisotopic (exact) mass is 241 g/mol. The maximum absolute atomic E-state index is 11.7. The smallest absolute Gasteiger partial charge is 0.234 e. The van der Waals surface area contributed by atoms with Gasteiger partial charge in [0.15, 0.2) is 0 Å². The van der Waals surface area contributed by atoms with Crippen molar-refractivity contribution in [2.75, 3.05) is 33.2 Å². The van der Waals surface area contributed by atoms with E-state index in [0.717, 1.165) is 19.6 Å². The van der Waals surface area contributed by atoms with E-state index in [-0.39, 0.29) is 11.4 Å². The number of likely N-dealkylation sites (N-methyl/N-ethyl adjacent to an activating group) is 1. The second-order valence-corrected chi connectivity index (χ2v) is 6.21. The van der Waals surface area contributed by atoms with E-state index in [4.69, 9.17) is 0 Å². The lowest BCUT2D eigenvalue weighted by molar-refractivity contribution is -0.123. The second kappa shape index (κ2) is 6.36. The van der Waals surface area contributed by atoms with Gasteiger partial charge in [0, 0.05) is 12.1 Å². The predicted molar refractivity (Wildman–Crippen MR) is 71.0 cm³/mol. The van der Waals surface area contributed by atoms with Crippen molar-refractivity contribution in [2.24, 2.45) is 5.92 Å². The maximum Gasteiger partial charge on any atom is 0.234 e. The van der Waals surface area contributed by atoms with Crippen LogP contribution in [0.5, 0.6) is 0 Å². The minimum absolute atomic E-state index is 0.115. The summed E-state index contributed by atoms with van der Waals surface area (Å²) in [4.78, 5) is 13.9. The lowest BCUT2D eigenvalue weighted by Crippen LogP contribution is -2.46. The summed E-state index contributed by atoms with van der Waals surface area (Å²) in [6.07, 6.45) is 2.53. The van der Waals surface area contributed by atoms with Crippen LogP contribution in [0.15, 0.2) is 0 Å².